The summed E-state index contributed by atoms with van der Waals surface area (Å²) >= 11 is 0. The second-order valence-corrected chi connectivity index (χ2v) is 13.4. The third kappa shape index (κ3) is 12.5. The number of carbonyl (C=O) groups is 4. The number of nitrogens with one attached hydrogen (secondary N) is 3. The van der Waals surface area contributed by atoms with E-state index in [1.165, 1.54) is 0 Å². The zero-order valence-corrected chi connectivity index (χ0v) is 27.1. The second-order valence-electron chi connectivity index (χ2n) is 13.4. The first-order chi connectivity index (χ1) is 20.0. The van der Waals surface area contributed by atoms with Gasteiger partial charge in [-0.2, -0.15) is 0 Å². The monoisotopic (exact) mass is 595 g/mol. The Morgan fingerprint density at radius 3 is 1.93 bits per heavy atom. The van der Waals surface area contributed by atoms with Crippen molar-refractivity contribution in [2.24, 2.45) is 11.3 Å². The standard InChI is InChI=1S/C34H49N3O6/c1-22(2)19-27(31(40)42-21-24-16-11-10-12-17-24)35-30(39)28(33(4,5)6)37-29(38)26(36-32(41)43-34(7,8)9)20-25-18-14-13-15-23(25)3/h10-18,22,26-28H,19-21H2,1-9H3,(H,35,39)(H,36,41)(H,37,38)/t26-,27-,28+/m0/s1. The summed E-state index contributed by atoms with van der Waals surface area (Å²) in [6.07, 6.45) is -0.186. The van der Waals surface area contributed by atoms with E-state index < -0.39 is 53.0 Å². The van der Waals surface area contributed by atoms with Crippen molar-refractivity contribution < 1.29 is 28.7 Å². The molecular formula is C34H49N3O6. The quantitative estimate of drug-likeness (QED) is 0.289. The molecule has 0 aliphatic rings. The molecule has 0 bridgehead atoms. The number of alkyl carbamates (subject to hydrolysis) is 1. The van der Waals surface area contributed by atoms with Gasteiger partial charge in [0.1, 0.15) is 30.3 Å². The van der Waals surface area contributed by atoms with Crippen LogP contribution in [0.4, 0.5) is 4.79 Å². The summed E-state index contributed by atoms with van der Waals surface area (Å²) in [4.78, 5) is 53.2. The van der Waals surface area contributed by atoms with E-state index in [-0.39, 0.29) is 18.9 Å². The van der Waals surface area contributed by atoms with Crippen molar-refractivity contribution in [3.63, 3.8) is 0 Å². The van der Waals surface area contributed by atoms with Gasteiger partial charge in [0, 0.05) is 6.42 Å². The van der Waals surface area contributed by atoms with E-state index in [0.717, 1.165) is 16.7 Å². The Bertz CT molecular complexity index is 1230. The molecule has 236 valence electrons. The molecule has 0 aliphatic carbocycles. The SMILES string of the molecule is Cc1ccccc1C[C@H](NC(=O)OC(C)(C)C)C(=O)N[C@H](C(=O)N[C@@H](CC(C)C)C(=O)OCc1ccccc1)C(C)(C)C. The zero-order valence-electron chi connectivity index (χ0n) is 27.1. The second kappa shape index (κ2) is 15.5. The molecule has 43 heavy (non-hydrogen) atoms. The van der Waals surface area contributed by atoms with E-state index >= 15 is 0 Å². The van der Waals surface area contributed by atoms with Crippen LogP contribution in [-0.2, 0) is 36.9 Å². The van der Waals surface area contributed by atoms with Crippen LogP contribution in [0.3, 0.4) is 0 Å². The lowest BCUT2D eigenvalue weighted by molar-refractivity contribution is -0.150. The van der Waals surface area contributed by atoms with Crippen molar-refractivity contribution >= 4 is 23.9 Å². The Balaban J connectivity index is 2.26. The van der Waals surface area contributed by atoms with Crippen molar-refractivity contribution in [1.82, 2.24) is 16.0 Å². The van der Waals surface area contributed by atoms with Crippen LogP contribution in [0.1, 0.15) is 78.5 Å². The number of esters is 1. The lowest BCUT2D eigenvalue weighted by atomic mass is 9.85. The third-order valence-electron chi connectivity index (χ3n) is 6.64. The van der Waals surface area contributed by atoms with E-state index in [1.54, 1.807) is 20.8 Å². The van der Waals surface area contributed by atoms with Gasteiger partial charge >= 0.3 is 12.1 Å². The number of amides is 3. The largest absolute Gasteiger partial charge is 0.459 e. The van der Waals surface area contributed by atoms with Gasteiger partial charge in [-0.3, -0.25) is 9.59 Å². The minimum atomic E-state index is -1.02. The number of aryl methyl sites for hydroxylation is 1. The van der Waals surface area contributed by atoms with E-state index in [2.05, 4.69) is 16.0 Å². The van der Waals surface area contributed by atoms with Crippen LogP contribution in [0.5, 0.6) is 0 Å². The maximum Gasteiger partial charge on any atom is 0.408 e. The van der Waals surface area contributed by atoms with Crippen LogP contribution in [0.25, 0.3) is 0 Å². The Morgan fingerprint density at radius 2 is 1.37 bits per heavy atom. The molecule has 2 aromatic carbocycles. The van der Waals surface area contributed by atoms with Crippen LogP contribution in [-0.4, -0.2) is 47.6 Å². The lowest BCUT2D eigenvalue weighted by Gasteiger charge is -2.33. The van der Waals surface area contributed by atoms with Crippen molar-refractivity contribution in [2.45, 2.75) is 105 Å². The fraction of sp³-hybridized carbons (Fsp3) is 0.529. The summed E-state index contributed by atoms with van der Waals surface area (Å²) in [5.74, 6) is -1.52. The smallest absolute Gasteiger partial charge is 0.408 e. The highest BCUT2D eigenvalue weighted by atomic mass is 16.6. The van der Waals surface area contributed by atoms with Crippen LogP contribution in [0.2, 0.25) is 0 Å². The fourth-order valence-electron chi connectivity index (χ4n) is 4.41. The average molecular weight is 596 g/mol. The highest BCUT2D eigenvalue weighted by Crippen LogP contribution is 2.21. The van der Waals surface area contributed by atoms with Gasteiger partial charge in [0.2, 0.25) is 11.8 Å². The van der Waals surface area contributed by atoms with Crippen LogP contribution < -0.4 is 16.0 Å². The van der Waals surface area contributed by atoms with Gasteiger partial charge in [0.25, 0.3) is 0 Å². The van der Waals surface area contributed by atoms with E-state index in [1.807, 2.05) is 96.1 Å². The number of hydrogen-bond acceptors (Lipinski definition) is 6. The van der Waals surface area contributed by atoms with E-state index in [9.17, 15) is 19.2 Å². The molecule has 3 N–H and O–H groups in total. The van der Waals surface area contributed by atoms with Crippen LogP contribution in [0.15, 0.2) is 54.6 Å². The summed E-state index contributed by atoms with van der Waals surface area (Å²) in [5.41, 5.74) is 1.18. The molecule has 9 nitrogen and oxygen atoms in total. The molecule has 0 aliphatic heterocycles. The molecule has 0 fully saturated rings. The highest BCUT2D eigenvalue weighted by Gasteiger charge is 2.37. The molecule has 3 atom stereocenters. The minimum absolute atomic E-state index is 0.0838. The van der Waals surface area contributed by atoms with E-state index in [0.29, 0.717) is 6.42 Å². The van der Waals surface area contributed by atoms with Gasteiger partial charge in [-0.25, -0.2) is 9.59 Å². The van der Waals surface area contributed by atoms with Crippen molar-refractivity contribution in [2.75, 3.05) is 0 Å². The maximum absolute atomic E-state index is 13.7. The summed E-state index contributed by atoms with van der Waals surface area (Å²) < 4.78 is 11.0. The molecule has 3 amide bonds. The molecule has 9 heteroatoms. The minimum Gasteiger partial charge on any atom is -0.459 e. The Hall–Kier alpha value is -3.88. The Labute approximate surface area is 256 Å². The number of rotatable bonds is 12. The molecule has 0 spiro atoms. The number of hydrogen-bond donors (Lipinski definition) is 3. The first kappa shape index (κ1) is 35.3. The van der Waals surface area contributed by atoms with Gasteiger partial charge in [0.05, 0.1) is 0 Å². The zero-order chi connectivity index (χ0) is 32.4. The van der Waals surface area contributed by atoms with Gasteiger partial charge < -0.3 is 25.4 Å². The van der Waals surface area contributed by atoms with Crippen molar-refractivity contribution in [3.8, 4) is 0 Å². The molecule has 0 aromatic heterocycles. The van der Waals surface area contributed by atoms with Gasteiger partial charge in [-0.1, -0.05) is 89.2 Å². The lowest BCUT2D eigenvalue weighted by Crippen LogP contribution is -2.60. The first-order valence-electron chi connectivity index (χ1n) is 14.8. The topological polar surface area (TPSA) is 123 Å². The summed E-state index contributed by atoms with van der Waals surface area (Å²) in [7, 11) is 0. The normalized spacial score (nSPS) is 13.8. The first-order valence-corrected chi connectivity index (χ1v) is 14.8. The van der Waals surface area contributed by atoms with Gasteiger partial charge in [0.15, 0.2) is 0 Å². The summed E-state index contributed by atoms with van der Waals surface area (Å²) in [5, 5.41) is 8.36. The highest BCUT2D eigenvalue weighted by molar-refractivity contribution is 5.93. The van der Waals surface area contributed by atoms with Crippen LogP contribution in [0, 0.1) is 18.3 Å². The molecule has 0 radical (unpaired) electrons. The van der Waals surface area contributed by atoms with Crippen molar-refractivity contribution in [3.05, 3.63) is 71.3 Å². The fourth-order valence-corrected chi connectivity index (χ4v) is 4.41. The summed E-state index contributed by atoms with van der Waals surface area (Å²) in [6, 6.07) is 13.9. The number of ether oxygens (including phenoxy) is 2. The number of carbonyl (C=O) groups excluding carboxylic acids is 4. The molecule has 0 heterocycles. The Kier molecular flexibility index (Phi) is 12.8. The molecule has 2 aromatic rings. The molecule has 0 unspecified atom stereocenters. The third-order valence-corrected chi connectivity index (χ3v) is 6.64. The molecule has 0 saturated heterocycles. The van der Waals surface area contributed by atoms with E-state index in [4.69, 9.17) is 9.47 Å². The average Bonchev–Trinajstić information content (AvgIpc) is 2.89. The predicted molar refractivity (Wildman–Crippen MR) is 167 cm³/mol. The van der Waals surface area contributed by atoms with Crippen LogP contribution >= 0.6 is 0 Å². The predicted octanol–water partition coefficient (Wildman–Crippen LogP) is 5.24. The molecule has 2 rings (SSSR count). The van der Waals surface area contributed by atoms with Crippen molar-refractivity contribution in [1.29, 1.82) is 0 Å². The van der Waals surface area contributed by atoms with Gasteiger partial charge in [-0.05, 0) is 62.1 Å². The number of benzene rings is 2. The summed E-state index contributed by atoms with van der Waals surface area (Å²) in [6.45, 7) is 16.6. The molecular weight excluding hydrogens is 546 g/mol. The Morgan fingerprint density at radius 1 is 0.767 bits per heavy atom. The van der Waals surface area contributed by atoms with Gasteiger partial charge in [-0.15, -0.1) is 0 Å². The maximum atomic E-state index is 13.7. The molecule has 0 saturated carbocycles.